The Morgan fingerprint density at radius 1 is 1.47 bits per heavy atom. The molecule has 0 saturated carbocycles. The lowest BCUT2D eigenvalue weighted by molar-refractivity contribution is 0.386. The molecule has 2 rings (SSSR count). The quantitative estimate of drug-likeness (QED) is 0.663. The fourth-order valence-corrected chi connectivity index (χ4v) is 2.19. The van der Waals surface area contributed by atoms with Crippen LogP contribution in [0.2, 0.25) is 0 Å². The third-order valence-corrected chi connectivity index (χ3v) is 3.15. The normalized spacial score (nSPS) is 10.5. The highest BCUT2D eigenvalue weighted by molar-refractivity contribution is 7.98. The summed E-state index contributed by atoms with van der Waals surface area (Å²) in [5, 5.41) is 3.73. The highest BCUT2D eigenvalue weighted by Gasteiger charge is 2.08. The monoisotopic (exact) mass is 251 g/mol. The van der Waals surface area contributed by atoms with Crippen molar-refractivity contribution < 1.29 is 9.26 Å². The zero-order valence-corrected chi connectivity index (χ0v) is 10.5. The molecule has 0 aliphatic rings. The van der Waals surface area contributed by atoms with Gasteiger partial charge in [0.2, 0.25) is 5.89 Å². The second kappa shape index (κ2) is 5.09. The summed E-state index contributed by atoms with van der Waals surface area (Å²) < 4.78 is 10.3. The number of anilines is 1. The van der Waals surface area contributed by atoms with Crippen molar-refractivity contribution in [2.24, 2.45) is 0 Å². The smallest absolute Gasteiger partial charge is 0.236 e. The van der Waals surface area contributed by atoms with E-state index in [1.54, 1.807) is 31.9 Å². The molecule has 2 aromatic rings. The van der Waals surface area contributed by atoms with Crippen LogP contribution in [0.4, 0.5) is 5.69 Å². The maximum Gasteiger partial charge on any atom is 0.236 e. The average molecular weight is 251 g/mol. The van der Waals surface area contributed by atoms with Crippen molar-refractivity contribution >= 4 is 17.4 Å². The number of hydrogen-bond donors (Lipinski definition) is 1. The number of hydrogen-bond acceptors (Lipinski definition) is 6. The van der Waals surface area contributed by atoms with Crippen molar-refractivity contribution in [1.82, 2.24) is 10.1 Å². The van der Waals surface area contributed by atoms with Gasteiger partial charge in [0.15, 0.2) is 5.82 Å². The molecule has 0 atom stereocenters. The van der Waals surface area contributed by atoms with Crippen molar-refractivity contribution in [1.29, 1.82) is 0 Å². The van der Waals surface area contributed by atoms with Gasteiger partial charge in [-0.3, -0.25) is 0 Å². The predicted molar refractivity (Wildman–Crippen MR) is 66.0 cm³/mol. The molecule has 0 aliphatic heterocycles. The Morgan fingerprint density at radius 2 is 2.29 bits per heavy atom. The Bertz CT molecular complexity index is 513. The molecule has 0 saturated heterocycles. The van der Waals surface area contributed by atoms with Crippen LogP contribution in [0, 0.1) is 6.92 Å². The third-order valence-electron chi connectivity index (χ3n) is 2.11. The van der Waals surface area contributed by atoms with Gasteiger partial charge >= 0.3 is 0 Å². The van der Waals surface area contributed by atoms with E-state index >= 15 is 0 Å². The van der Waals surface area contributed by atoms with E-state index in [-0.39, 0.29) is 0 Å². The van der Waals surface area contributed by atoms with E-state index in [1.165, 1.54) is 0 Å². The van der Waals surface area contributed by atoms with Gasteiger partial charge < -0.3 is 15.0 Å². The van der Waals surface area contributed by atoms with Crippen LogP contribution in [-0.2, 0) is 5.75 Å². The van der Waals surface area contributed by atoms with Gasteiger partial charge in [0.1, 0.15) is 5.75 Å². The lowest BCUT2D eigenvalue weighted by atomic mass is 10.3. The maximum atomic E-state index is 5.68. The summed E-state index contributed by atoms with van der Waals surface area (Å²) >= 11 is 1.57. The first-order chi connectivity index (χ1) is 8.19. The summed E-state index contributed by atoms with van der Waals surface area (Å²) in [6.45, 7) is 1.79. The molecule has 0 amide bonds. The number of rotatable bonds is 4. The predicted octanol–water partition coefficient (Wildman–Crippen LogP) is 2.26. The number of ether oxygens (including phenoxy) is 1. The Morgan fingerprint density at radius 3 is 2.94 bits per heavy atom. The van der Waals surface area contributed by atoms with E-state index in [0.29, 0.717) is 23.2 Å². The van der Waals surface area contributed by atoms with Crippen LogP contribution in [0.15, 0.2) is 27.6 Å². The number of nitrogens with two attached hydrogens (primary N) is 1. The Hall–Kier alpha value is -1.69. The van der Waals surface area contributed by atoms with Crippen LogP contribution < -0.4 is 10.5 Å². The van der Waals surface area contributed by atoms with Crippen LogP contribution in [0.25, 0.3) is 0 Å². The average Bonchev–Trinajstić information content (AvgIpc) is 2.73. The standard InChI is InChI=1S/C11H13N3O2S/c1-7-13-11(16-14-7)6-17-10-4-3-8(12)5-9(10)15-2/h3-5H,6,12H2,1-2H3. The van der Waals surface area contributed by atoms with Gasteiger partial charge in [-0.25, -0.2) is 0 Å². The van der Waals surface area contributed by atoms with Gasteiger partial charge in [-0.05, 0) is 19.1 Å². The van der Waals surface area contributed by atoms with E-state index in [2.05, 4.69) is 10.1 Å². The highest BCUT2D eigenvalue weighted by atomic mass is 32.2. The number of aryl methyl sites for hydroxylation is 1. The van der Waals surface area contributed by atoms with Gasteiger partial charge in [-0.1, -0.05) is 5.16 Å². The zero-order valence-electron chi connectivity index (χ0n) is 9.64. The number of benzene rings is 1. The first-order valence-electron chi connectivity index (χ1n) is 5.04. The minimum Gasteiger partial charge on any atom is -0.496 e. The largest absolute Gasteiger partial charge is 0.496 e. The van der Waals surface area contributed by atoms with E-state index in [9.17, 15) is 0 Å². The van der Waals surface area contributed by atoms with Crippen molar-refractivity contribution in [3.63, 3.8) is 0 Å². The Kier molecular flexibility index (Phi) is 3.53. The molecule has 1 heterocycles. The SMILES string of the molecule is COc1cc(N)ccc1SCc1nc(C)no1. The van der Waals surface area contributed by atoms with Gasteiger partial charge in [0, 0.05) is 16.6 Å². The van der Waals surface area contributed by atoms with Gasteiger partial charge in [-0.2, -0.15) is 4.98 Å². The minimum atomic E-state index is 0.603. The topological polar surface area (TPSA) is 74.2 Å². The molecule has 5 nitrogen and oxygen atoms in total. The second-order valence-corrected chi connectivity index (χ2v) is 4.45. The number of aromatic nitrogens is 2. The first kappa shape index (κ1) is 11.8. The molecule has 1 aromatic heterocycles. The minimum absolute atomic E-state index is 0.603. The molecule has 0 bridgehead atoms. The molecule has 0 radical (unpaired) electrons. The first-order valence-corrected chi connectivity index (χ1v) is 6.03. The fraction of sp³-hybridized carbons (Fsp3) is 0.273. The highest BCUT2D eigenvalue weighted by Crippen LogP contribution is 2.32. The fourth-order valence-electron chi connectivity index (χ4n) is 1.34. The van der Waals surface area contributed by atoms with Gasteiger partial charge in [-0.15, -0.1) is 11.8 Å². The molecule has 0 fully saturated rings. The van der Waals surface area contributed by atoms with E-state index < -0.39 is 0 Å². The van der Waals surface area contributed by atoms with E-state index in [1.807, 2.05) is 12.1 Å². The second-order valence-electron chi connectivity index (χ2n) is 3.43. The summed E-state index contributed by atoms with van der Waals surface area (Å²) in [7, 11) is 1.62. The lowest BCUT2D eigenvalue weighted by Gasteiger charge is -2.07. The van der Waals surface area contributed by atoms with Crippen molar-refractivity contribution in [3.8, 4) is 5.75 Å². The molecular formula is C11H13N3O2S. The van der Waals surface area contributed by atoms with E-state index in [4.69, 9.17) is 15.0 Å². The molecule has 6 heteroatoms. The summed E-state index contributed by atoms with van der Waals surface area (Å²) in [6.07, 6.45) is 0. The molecule has 17 heavy (non-hydrogen) atoms. The molecule has 0 unspecified atom stereocenters. The molecule has 0 aliphatic carbocycles. The van der Waals surface area contributed by atoms with Crippen molar-refractivity contribution in [2.45, 2.75) is 17.6 Å². The molecule has 90 valence electrons. The van der Waals surface area contributed by atoms with Crippen LogP contribution in [-0.4, -0.2) is 17.3 Å². The molecule has 1 aromatic carbocycles. The summed E-state index contributed by atoms with van der Waals surface area (Å²) in [5.74, 6) is 2.61. The van der Waals surface area contributed by atoms with Crippen LogP contribution in [0.1, 0.15) is 11.7 Å². The van der Waals surface area contributed by atoms with Crippen molar-refractivity contribution in [3.05, 3.63) is 29.9 Å². The third kappa shape index (κ3) is 2.91. The van der Waals surface area contributed by atoms with Crippen molar-refractivity contribution in [2.75, 3.05) is 12.8 Å². The molecule has 0 spiro atoms. The Balaban J connectivity index is 2.08. The lowest BCUT2D eigenvalue weighted by Crippen LogP contribution is -1.90. The number of methoxy groups -OCH3 is 1. The summed E-state index contributed by atoms with van der Waals surface area (Å²) in [5.41, 5.74) is 6.36. The maximum absolute atomic E-state index is 5.68. The summed E-state index contributed by atoms with van der Waals surface area (Å²) in [6, 6.07) is 5.55. The van der Waals surface area contributed by atoms with Crippen LogP contribution in [0.3, 0.4) is 0 Å². The Labute approximate surface area is 103 Å². The zero-order chi connectivity index (χ0) is 12.3. The van der Waals surface area contributed by atoms with Crippen LogP contribution >= 0.6 is 11.8 Å². The number of thioether (sulfide) groups is 1. The molecule has 2 N–H and O–H groups in total. The number of nitrogen functional groups attached to an aromatic ring is 1. The van der Waals surface area contributed by atoms with Gasteiger partial charge in [0.05, 0.1) is 12.9 Å². The molecular weight excluding hydrogens is 238 g/mol. The number of nitrogens with zero attached hydrogens (tertiary/aromatic N) is 2. The summed E-state index contributed by atoms with van der Waals surface area (Å²) in [4.78, 5) is 5.13. The van der Waals surface area contributed by atoms with Crippen LogP contribution in [0.5, 0.6) is 5.75 Å². The van der Waals surface area contributed by atoms with Gasteiger partial charge in [0.25, 0.3) is 0 Å². The van der Waals surface area contributed by atoms with E-state index in [0.717, 1.165) is 10.6 Å².